The predicted octanol–water partition coefficient (Wildman–Crippen LogP) is 1.98. The van der Waals surface area contributed by atoms with Crippen LogP contribution < -0.4 is 10.6 Å². The summed E-state index contributed by atoms with van der Waals surface area (Å²) in [5.74, 6) is 1.03. The van der Waals surface area contributed by atoms with Crippen LogP contribution in [-0.4, -0.2) is 99.2 Å². The lowest BCUT2D eigenvalue weighted by molar-refractivity contribution is 0.332. The molecule has 3 heterocycles. The fraction of sp³-hybridized carbons (Fsp3) is 0.955. The maximum absolute atomic E-state index is 4.86. The van der Waals surface area contributed by atoms with Gasteiger partial charge in [-0.3, -0.25) is 4.99 Å². The Morgan fingerprint density at radius 2 is 0.964 bits per heavy atom. The molecule has 2 N–H and O–H groups in total. The van der Waals surface area contributed by atoms with Crippen molar-refractivity contribution in [2.24, 2.45) is 4.99 Å². The number of rotatable bonds is 12. The highest BCUT2D eigenvalue weighted by molar-refractivity contribution is 5.79. The lowest BCUT2D eigenvalue weighted by Crippen LogP contribution is -2.40. The largest absolute Gasteiger partial charge is 0.356 e. The number of nitrogens with one attached hydrogen (secondary N) is 2. The molecule has 0 aromatic carbocycles. The van der Waals surface area contributed by atoms with E-state index in [2.05, 4.69) is 25.3 Å². The summed E-state index contributed by atoms with van der Waals surface area (Å²) >= 11 is 0. The highest BCUT2D eigenvalue weighted by Crippen LogP contribution is 2.08. The highest BCUT2D eigenvalue weighted by atomic mass is 15.2. The molecule has 6 nitrogen and oxygen atoms in total. The Balaban J connectivity index is 1.30. The van der Waals surface area contributed by atoms with Crippen molar-refractivity contribution in [2.45, 2.75) is 57.8 Å². The summed E-state index contributed by atoms with van der Waals surface area (Å²) in [7, 11) is 0. The number of hydrogen-bond acceptors (Lipinski definition) is 4. The van der Waals surface area contributed by atoms with Crippen molar-refractivity contribution in [1.29, 1.82) is 0 Å². The second kappa shape index (κ2) is 13.4. The quantitative estimate of drug-likeness (QED) is 0.302. The highest BCUT2D eigenvalue weighted by Gasteiger charge is 2.12. The van der Waals surface area contributed by atoms with Crippen LogP contribution in [0.3, 0.4) is 0 Å². The van der Waals surface area contributed by atoms with Gasteiger partial charge in [-0.15, -0.1) is 0 Å². The van der Waals surface area contributed by atoms with Gasteiger partial charge in [-0.05, 0) is 117 Å². The third-order valence-electron chi connectivity index (χ3n) is 6.39. The van der Waals surface area contributed by atoms with E-state index in [1.54, 1.807) is 0 Å². The van der Waals surface area contributed by atoms with E-state index in [-0.39, 0.29) is 0 Å². The van der Waals surface area contributed by atoms with Crippen LogP contribution in [0, 0.1) is 0 Å². The summed E-state index contributed by atoms with van der Waals surface area (Å²) in [4.78, 5) is 12.6. The predicted molar refractivity (Wildman–Crippen MR) is 119 cm³/mol. The van der Waals surface area contributed by atoms with Gasteiger partial charge in [0.15, 0.2) is 5.96 Å². The fourth-order valence-corrected chi connectivity index (χ4v) is 4.70. The van der Waals surface area contributed by atoms with E-state index in [0.717, 1.165) is 25.6 Å². The summed E-state index contributed by atoms with van der Waals surface area (Å²) in [6.07, 6.45) is 11.9. The molecule has 28 heavy (non-hydrogen) atoms. The Bertz CT molecular complexity index is 397. The van der Waals surface area contributed by atoms with Crippen LogP contribution >= 0.6 is 0 Å². The van der Waals surface area contributed by atoms with Crippen LogP contribution in [0.2, 0.25) is 0 Å². The lowest BCUT2D eigenvalue weighted by atomic mass is 10.3. The maximum Gasteiger partial charge on any atom is 0.191 e. The minimum absolute atomic E-state index is 0.935. The monoisotopic (exact) mass is 392 g/mol. The van der Waals surface area contributed by atoms with Crippen molar-refractivity contribution in [3.05, 3.63) is 0 Å². The van der Waals surface area contributed by atoms with Crippen LogP contribution in [0.15, 0.2) is 4.99 Å². The SMILES string of the molecule is C1CCN(CCCN=C(NCCCN2CCCC2)NCCCN2CCCC2)C1. The normalized spacial score (nSPS) is 21.4. The molecule has 6 heteroatoms. The van der Waals surface area contributed by atoms with Gasteiger partial charge in [0.1, 0.15) is 0 Å². The molecule has 0 amide bonds. The van der Waals surface area contributed by atoms with Crippen molar-refractivity contribution in [3.8, 4) is 0 Å². The van der Waals surface area contributed by atoms with Gasteiger partial charge in [0.2, 0.25) is 0 Å². The number of nitrogens with zero attached hydrogens (tertiary/aromatic N) is 4. The molecule has 0 aliphatic carbocycles. The zero-order valence-corrected chi connectivity index (χ0v) is 18.1. The first-order chi connectivity index (χ1) is 13.9. The molecule has 0 aromatic heterocycles. The standard InChI is InChI=1S/C22H44N6/c1-2-14-26(13-1)19-7-10-23-22(24-11-8-20-27-15-3-4-16-27)25-12-9-21-28-17-5-6-18-28/h1-21H2,(H2,23,24,25). The Hall–Kier alpha value is -0.850. The zero-order chi connectivity index (χ0) is 19.3. The van der Waals surface area contributed by atoms with E-state index >= 15 is 0 Å². The molecule has 0 atom stereocenters. The van der Waals surface area contributed by atoms with Gasteiger partial charge in [-0.25, -0.2) is 0 Å². The van der Waals surface area contributed by atoms with Gasteiger partial charge in [0.05, 0.1) is 0 Å². The van der Waals surface area contributed by atoms with Crippen molar-refractivity contribution < 1.29 is 0 Å². The Morgan fingerprint density at radius 3 is 1.39 bits per heavy atom. The number of guanidine groups is 1. The van der Waals surface area contributed by atoms with Gasteiger partial charge in [-0.1, -0.05) is 0 Å². The summed E-state index contributed by atoms with van der Waals surface area (Å²) in [5, 5.41) is 7.17. The third kappa shape index (κ3) is 8.66. The van der Waals surface area contributed by atoms with Gasteiger partial charge in [0.25, 0.3) is 0 Å². The van der Waals surface area contributed by atoms with Crippen LogP contribution in [-0.2, 0) is 0 Å². The first kappa shape index (κ1) is 21.8. The molecule has 162 valence electrons. The Morgan fingerprint density at radius 1 is 0.571 bits per heavy atom. The number of hydrogen-bond donors (Lipinski definition) is 2. The average Bonchev–Trinajstić information content (AvgIpc) is 3.48. The minimum Gasteiger partial charge on any atom is -0.356 e. The van der Waals surface area contributed by atoms with Crippen LogP contribution in [0.4, 0.5) is 0 Å². The lowest BCUT2D eigenvalue weighted by Gasteiger charge is -2.18. The summed E-state index contributed by atoms with van der Waals surface area (Å²) < 4.78 is 0. The van der Waals surface area contributed by atoms with Crippen LogP contribution in [0.5, 0.6) is 0 Å². The van der Waals surface area contributed by atoms with Crippen molar-refractivity contribution in [1.82, 2.24) is 25.3 Å². The van der Waals surface area contributed by atoms with E-state index in [1.807, 2.05) is 0 Å². The molecule has 0 spiro atoms. The molecule has 0 aromatic rings. The second-order valence-electron chi connectivity index (χ2n) is 8.79. The molecule has 0 unspecified atom stereocenters. The number of aliphatic imine (C=N–C) groups is 1. The van der Waals surface area contributed by atoms with E-state index in [9.17, 15) is 0 Å². The maximum atomic E-state index is 4.86. The molecule has 0 radical (unpaired) electrons. The average molecular weight is 393 g/mol. The molecular formula is C22H44N6. The Kier molecular flexibility index (Phi) is 10.4. The van der Waals surface area contributed by atoms with E-state index in [1.165, 1.54) is 117 Å². The van der Waals surface area contributed by atoms with Crippen LogP contribution in [0.25, 0.3) is 0 Å². The van der Waals surface area contributed by atoms with Gasteiger partial charge in [-0.2, -0.15) is 0 Å². The molecule has 3 rings (SSSR count). The van der Waals surface area contributed by atoms with E-state index in [0.29, 0.717) is 0 Å². The first-order valence-corrected chi connectivity index (χ1v) is 12.1. The summed E-state index contributed by atoms with van der Waals surface area (Å²) in [5.41, 5.74) is 0. The molecule has 3 fully saturated rings. The molecule has 0 saturated carbocycles. The minimum atomic E-state index is 0.935. The second-order valence-corrected chi connectivity index (χ2v) is 8.79. The number of likely N-dealkylation sites (tertiary alicyclic amines) is 3. The van der Waals surface area contributed by atoms with Gasteiger partial charge in [0, 0.05) is 19.6 Å². The molecule has 3 aliphatic heterocycles. The van der Waals surface area contributed by atoms with Crippen LogP contribution in [0.1, 0.15) is 57.8 Å². The summed E-state index contributed by atoms with van der Waals surface area (Å²) in [6.45, 7) is 14.4. The molecule has 0 bridgehead atoms. The first-order valence-electron chi connectivity index (χ1n) is 12.1. The third-order valence-corrected chi connectivity index (χ3v) is 6.39. The van der Waals surface area contributed by atoms with Crippen molar-refractivity contribution >= 4 is 5.96 Å². The Labute approximate surface area is 173 Å². The smallest absolute Gasteiger partial charge is 0.191 e. The summed E-state index contributed by atoms with van der Waals surface area (Å²) in [6, 6.07) is 0. The molecular weight excluding hydrogens is 348 g/mol. The van der Waals surface area contributed by atoms with Gasteiger partial charge >= 0.3 is 0 Å². The van der Waals surface area contributed by atoms with Gasteiger partial charge < -0.3 is 25.3 Å². The van der Waals surface area contributed by atoms with E-state index in [4.69, 9.17) is 4.99 Å². The fourth-order valence-electron chi connectivity index (χ4n) is 4.70. The topological polar surface area (TPSA) is 46.1 Å². The van der Waals surface area contributed by atoms with E-state index < -0.39 is 0 Å². The van der Waals surface area contributed by atoms with Crippen molar-refractivity contribution in [2.75, 3.05) is 78.5 Å². The molecule has 3 aliphatic rings. The van der Waals surface area contributed by atoms with Crippen molar-refractivity contribution in [3.63, 3.8) is 0 Å². The zero-order valence-electron chi connectivity index (χ0n) is 18.1. The molecule has 3 saturated heterocycles.